The van der Waals surface area contributed by atoms with Crippen LogP contribution >= 0.6 is 0 Å². The highest BCUT2D eigenvalue weighted by Gasteiger charge is 2.35. The third-order valence-electron chi connectivity index (χ3n) is 4.38. The van der Waals surface area contributed by atoms with Crippen molar-refractivity contribution >= 4 is 5.91 Å². The summed E-state index contributed by atoms with van der Waals surface area (Å²) in [4.78, 5) is 14.3. The van der Waals surface area contributed by atoms with Gasteiger partial charge in [-0.1, -0.05) is 30.3 Å². The molecule has 4 nitrogen and oxygen atoms in total. The van der Waals surface area contributed by atoms with Gasteiger partial charge in [-0.2, -0.15) is 0 Å². The number of benzene rings is 2. The van der Waals surface area contributed by atoms with Crippen molar-refractivity contribution in [3.63, 3.8) is 0 Å². The average molecular weight is 329 g/mol. The molecule has 2 aromatic rings. The van der Waals surface area contributed by atoms with Crippen molar-refractivity contribution in [2.45, 2.75) is 25.0 Å². The van der Waals surface area contributed by atoms with Gasteiger partial charge in [-0.15, -0.1) is 0 Å². The first-order valence-electron chi connectivity index (χ1n) is 7.93. The zero-order chi connectivity index (χ0) is 17.1. The van der Waals surface area contributed by atoms with Gasteiger partial charge in [0.15, 0.2) is 0 Å². The minimum absolute atomic E-state index is 0.0140. The van der Waals surface area contributed by atoms with E-state index < -0.39 is 6.10 Å². The molecule has 1 saturated heterocycles. The Balaban J connectivity index is 1.82. The summed E-state index contributed by atoms with van der Waals surface area (Å²) in [7, 11) is 1.59. The van der Waals surface area contributed by atoms with Crippen LogP contribution in [-0.2, 0) is 11.2 Å². The number of halogens is 1. The lowest BCUT2D eigenvalue weighted by molar-refractivity contribution is -0.131. The van der Waals surface area contributed by atoms with Gasteiger partial charge in [0.05, 0.1) is 25.7 Å². The van der Waals surface area contributed by atoms with Crippen molar-refractivity contribution in [2.75, 3.05) is 13.7 Å². The van der Waals surface area contributed by atoms with Crippen molar-refractivity contribution in [3.8, 4) is 5.75 Å². The number of β-amino-alcohol motifs (C(OH)–C–C–N with tert-alkyl or cyclic N) is 1. The van der Waals surface area contributed by atoms with Crippen molar-refractivity contribution in [2.24, 2.45) is 0 Å². The standard InChI is InChI=1S/C19H20FNO3/c1-24-16-7-4-6-14(9-16)18-11-15(22)12-21(18)19(23)10-13-5-2-3-8-17(13)20/h2-9,15,18,22H,10-12H2,1H3/t15-,18-/m1/s1. The fourth-order valence-corrected chi connectivity index (χ4v) is 3.16. The van der Waals surface area contributed by atoms with Gasteiger partial charge in [0, 0.05) is 6.54 Å². The molecule has 1 aliphatic heterocycles. The second-order valence-corrected chi connectivity index (χ2v) is 6.00. The van der Waals surface area contributed by atoms with Crippen LogP contribution < -0.4 is 4.74 Å². The fourth-order valence-electron chi connectivity index (χ4n) is 3.16. The van der Waals surface area contributed by atoms with Gasteiger partial charge in [0.25, 0.3) is 0 Å². The molecule has 2 atom stereocenters. The maximum Gasteiger partial charge on any atom is 0.227 e. The molecule has 0 unspecified atom stereocenters. The highest BCUT2D eigenvalue weighted by atomic mass is 19.1. The Morgan fingerprint density at radius 2 is 2.08 bits per heavy atom. The van der Waals surface area contributed by atoms with Crippen LogP contribution in [0, 0.1) is 5.82 Å². The van der Waals surface area contributed by atoms with E-state index in [0.29, 0.717) is 17.7 Å². The van der Waals surface area contributed by atoms with Crippen molar-refractivity contribution in [3.05, 3.63) is 65.5 Å². The topological polar surface area (TPSA) is 49.8 Å². The van der Waals surface area contributed by atoms with Crippen molar-refractivity contribution < 1.29 is 19.0 Å². The molecule has 5 heteroatoms. The molecule has 2 aromatic carbocycles. The predicted molar refractivity (Wildman–Crippen MR) is 88.2 cm³/mol. The van der Waals surface area contributed by atoms with Crippen LogP contribution in [0.3, 0.4) is 0 Å². The molecule has 0 saturated carbocycles. The molecule has 0 spiro atoms. The molecular formula is C19H20FNO3. The Morgan fingerprint density at radius 1 is 1.29 bits per heavy atom. The van der Waals surface area contributed by atoms with Crippen LogP contribution in [0.4, 0.5) is 4.39 Å². The largest absolute Gasteiger partial charge is 0.497 e. The molecule has 0 radical (unpaired) electrons. The molecule has 1 aliphatic rings. The lowest BCUT2D eigenvalue weighted by Gasteiger charge is -2.25. The molecule has 1 fully saturated rings. The number of nitrogens with zero attached hydrogens (tertiary/aromatic N) is 1. The molecule has 1 N–H and O–H groups in total. The normalized spacial score (nSPS) is 20.2. The van der Waals surface area contributed by atoms with Gasteiger partial charge >= 0.3 is 0 Å². The monoisotopic (exact) mass is 329 g/mol. The number of ether oxygens (including phenoxy) is 1. The van der Waals surface area contributed by atoms with E-state index in [1.807, 2.05) is 24.3 Å². The quantitative estimate of drug-likeness (QED) is 0.938. The SMILES string of the molecule is COc1cccc([C@H]2C[C@@H](O)CN2C(=O)Cc2ccccc2F)c1. The second kappa shape index (κ2) is 7.01. The number of amides is 1. The number of carbonyl (C=O) groups is 1. The minimum atomic E-state index is -0.578. The van der Waals surface area contributed by atoms with Gasteiger partial charge < -0.3 is 14.7 Å². The number of hydrogen-bond donors (Lipinski definition) is 1. The van der Waals surface area contributed by atoms with E-state index in [0.717, 1.165) is 5.56 Å². The van der Waals surface area contributed by atoms with Crippen molar-refractivity contribution in [1.82, 2.24) is 4.90 Å². The summed E-state index contributed by atoms with van der Waals surface area (Å²) in [5.41, 5.74) is 1.28. The molecule has 0 bridgehead atoms. The number of aliphatic hydroxyl groups is 1. The van der Waals surface area contributed by atoms with Crippen LogP contribution in [0.2, 0.25) is 0 Å². The molecule has 126 valence electrons. The van der Waals surface area contributed by atoms with E-state index in [1.165, 1.54) is 6.07 Å². The molecule has 0 aliphatic carbocycles. The summed E-state index contributed by atoms with van der Waals surface area (Å²) >= 11 is 0. The van der Waals surface area contributed by atoms with E-state index in [1.54, 1.807) is 30.2 Å². The van der Waals surface area contributed by atoms with E-state index in [9.17, 15) is 14.3 Å². The van der Waals surface area contributed by atoms with Crippen LogP contribution in [0.25, 0.3) is 0 Å². The van der Waals surface area contributed by atoms with Gasteiger partial charge in [-0.25, -0.2) is 4.39 Å². The van der Waals surface area contributed by atoms with E-state index in [-0.39, 0.29) is 30.7 Å². The third kappa shape index (κ3) is 3.41. The number of aliphatic hydroxyl groups excluding tert-OH is 1. The summed E-state index contributed by atoms with van der Waals surface area (Å²) in [5.74, 6) is 0.128. The first kappa shape index (κ1) is 16.5. The summed E-state index contributed by atoms with van der Waals surface area (Å²) in [5, 5.41) is 10.0. The molecule has 24 heavy (non-hydrogen) atoms. The highest BCUT2D eigenvalue weighted by Crippen LogP contribution is 2.34. The highest BCUT2D eigenvalue weighted by molar-refractivity contribution is 5.79. The van der Waals surface area contributed by atoms with Crippen LogP contribution in [-0.4, -0.2) is 35.7 Å². The van der Waals surface area contributed by atoms with Crippen molar-refractivity contribution in [1.29, 1.82) is 0 Å². The zero-order valence-corrected chi connectivity index (χ0v) is 13.5. The van der Waals surface area contributed by atoms with Gasteiger partial charge in [-0.05, 0) is 35.7 Å². The Hall–Kier alpha value is -2.40. The molecule has 1 heterocycles. The van der Waals surface area contributed by atoms with Gasteiger partial charge in [0.2, 0.25) is 5.91 Å². The maximum absolute atomic E-state index is 13.8. The van der Waals surface area contributed by atoms with Gasteiger partial charge in [-0.3, -0.25) is 4.79 Å². The number of rotatable bonds is 4. The molecule has 1 amide bonds. The number of methoxy groups -OCH3 is 1. The third-order valence-corrected chi connectivity index (χ3v) is 4.38. The zero-order valence-electron chi connectivity index (χ0n) is 13.5. The number of carbonyl (C=O) groups excluding carboxylic acids is 1. The van der Waals surface area contributed by atoms with E-state index in [2.05, 4.69) is 0 Å². The first-order chi connectivity index (χ1) is 11.6. The Labute approximate surface area is 140 Å². The van der Waals surface area contributed by atoms with Crippen LogP contribution in [0.15, 0.2) is 48.5 Å². The fraction of sp³-hybridized carbons (Fsp3) is 0.316. The molecule has 3 rings (SSSR count). The summed E-state index contributed by atoms with van der Waals surface area (Å²) in [6, 6.07) is 13.5. The average Bonchev–Trinajstić information content (AvgIpc) is 2.99. The Bertz CT molecular complexity index is 734. The van der Waals surface area contributed by atoms with Gasteiger partial charge in [0.1, 0.15) is 11.6 Å². The number of likely N-dealkylation sites (tertiary alicyclic amines) is 1. The first-order valence-corrected chi connectivity index (χ1v) is 7.93. The predicted octanol–water partition coefficient (Wildman–Crippen LogP) is 2.71. The Kier molecular flexibility index (Phi) is 4.81. The molecular weight excluding hydrogens is 309 g/mol. The Morgan fingerprint density at radius 3 is 2.83 bits per heavy atom. The smallest absolute Gasteiger partial charge is 0.227 e. The minimum Gasteiger partial charge on any atom is -0.497 e. The summed E-state index contributed by atoms with van der Waals surface area (Å²) < 4.78 is 19.0. The summed E-state index contributed by atoms with van der Waals surface area (Å²) in [6.45, 7) is 0.259. The summed E-state index contributed by atoms with van der Waals surface area (Å²) in [6.07, 6.45) is -0.124. The number of hydrogen-bond acceptors (Lipinski definition) is 3. The van der Waals surface area contributed by atoms with Crippen LogP contribution in [0.1, 0.15) is 23.6 Å². The van der Waals surface area contributed by atoms with E-state index >= 15 is 0 Å². The second-order valence-electron chi connectivity index (χ2n) is 6.00. The van der Waals surface area contributed by atoms with E-state index in [4.69, 9.17) is 4.74 Å². The van der Waals surface area contributed by atoms with Crippen LogP contribution in [0.5, 0.6) is 5.75 Å². The lowest BCUT2D eigenvalue weighted by atomic mass is 10.0. The molecule has 0 aromatic heterocycles. The maximum atomic E-state index is 13.8. The lowest BCUT2D eigenvalue weighted by Crippen LogP contribution is -2.33.